The highest BCUT2D eigenvalue weighted by Gasteiger charge is 2.24. The Morgan fingerprint density at radius 1 is 0.967 bits per heavy atom. The number of aryl methyl sites for hydroxylation is 1. The van der Waals surface area contributed by atoms with Crippen molar-refractivity contribution in [1.82, 2.24) is 9.47 Å². The standard InChI is InChI=1S/C24H27N3O3/c1-17-7-6-10-21(18(17)2)25-11-13-26(14-12-25)23(28)16-27-15-20(24(29)30-3)19-8-4-5-9-22(19)27/h4-10,15H,11-14,16H2,1-3H3. The van der Waals surface area contributed by atoms with E-state index in [2.05, 4.69) is 36.9 Å². The number of amides is 1. The number of methoxy groups -OCH3 is 1. The second-order valence-electron chi connectivity index (χ2n) is 7.77. The lowest BCUT2D eigenvalue weighted by molar-refractivity contribution is -0.132. The van der Waals surface area contributed by atoms with Crippen LogP contribution in [0.4, 0.5) is 5.69 Å². The molecule has 156 valence electrons. The van der Waals surface area contributed by atoms with E-state index in [1.165, 1.54) is 23.9 Å². The third-order valence-electron chi connectivity index (χ3n) is 6.05. The molecule has 3 aromatic rings. The summed E-state index contributed by atoms with van der Waals surface area (Å²) < 4.78 is 6.75. The molecule has 0 atom stereocenters. The largest absolute Gasteiger partial charge is 0.465 e. The van der Waals surface area contributed by atoms with Crippen LogP contribution in [0.15, 0.2) is 48.7 Å². The smallest absolute Gasteiger partial charge is 0.340 e. The Kier molecular flexibility index (Phi) is 5.48. The number of aromatic nitrogens is 1. The molecule has 1 aromatic heterocycles. The van der Waals surface area contributed by atoms with Crippen LogP contribution in [-0.2, 0) is 16.1 Å². The van der Waals surface area contributed by atoms with Gasteiger partial charge in [0.25, 0.3) is 0 Å². The topological polar surface area (TPSA) is 54.8 Å². The summed E-state index contributed by atoms with van der Waals surface area (Å²) in [4.78, 5) is 29.4. The number of ether oxygens (including phenoxy) is 1. The number of carbonyl (C=O) groups is 2. The molecule has 0 aliphatic carbocycles. The predicted octanol–water partition coefficient (Wildman–Crippen LogP) is 3.39. The average molecular weight is 405 g/mol. The number of hydrogen-bond donors (Lipinski definition) is 0. The number of carbonyl (C=O) groups excluding carboxylic acids is 2. The average Bonchev–Trinajstić information content (AvgIpc) is 3.14. The minimum atomic E-state index is -0.389. The number of fused-ring (bicyclic) bond motifs is 1. The zero-order valence-corrected chi connectivity index (χ0v) is 17.7. The Morgan fingerprint density at radius 2 is 1.70 bits per heavy atom. The molecule has 1 aliphatic heterocycles. The number of anilines is 1. The fourth-order valence-electron chi connectivity index (χ4n) is 4.17. The molecule has 0 bridgehead atoms. The van der Waals surface area contributed by atoms with Gasteiger partial charge in [-0.05, 0) is 37.1 Å². The van der Waals surface area contributed by atoms with Crippen molar-refractivity contribution in [1.29, 1.82) is 0 Å². The minimum Gasteiger partial charge on any atom is -0.465 e. The molecule has 1 saturated heterocycles. The van der Waals surface area contributed by atoms with E-state index in [0.29, 0.717) is 18.7 Å². The monoisotopic (exact) mass is 405 g/mol. The van der Waals surface area contributed by atoms with Gasteiger partial charge in [-0.3, -0.25) is 4.79 Å². The first-order valence-corrected chi connectivity index (χ1v) is 10.2. The van der Waals surface area contributed by atoms with Crippen molar-refractivity contribution in [3.63, 3.8) is 0 Å². The Bertz CT molecular complexity index is 1090. The van der Waals surface area contributed by atoms with E-state index in [0.717, 1.165) is 24.0 Å². The maximum absolute atomic E-state index is 13.0. The number of piperazine rings is 1. The summed E-state index contributed by atoms with van der Waals surface area (Å²) in [6.07, 6.45) is 1.72. The molecule has 0 radical (unpaired) electrons. The van der Waals surface area contributed by atoms with E-state index >= 15 is 0 Å². The number of para-hydroxylation sites is 1. The summed E-state index contributed by atoms with van der Waals surface area (Å²) in [5, 5.41) is 0.803. The molecule has 6 heteroatoms. The molecule has 0 N–H and O–H groups in total. The summed E-state index contributed by atoms with van der Waals surface area (Å²) >= 11 is 0. The number of esters is 1. The van der Waals surface area contributed by atoms with E-state index in [9.17, 15) is 9.59 Å². The molecular weight excluding hydrogens is 378 g/mol. The number of rotatable bonds is 4. The first-order chi connectivity index (χ1) is 14.5. The molecule has 1 fully saturated rings. The summed E-state index contributed by atoms with van der Waals surface area (Å²) in [7, 11) is 1.37. The van der Waals surface area contributed by atoms with Gasteiger partial charge in [-0.1, -0.05) is 30.3 Å². The van der Waals surface area contributed by atoms with Crippen LogP contribution in [0.1, 0.15) is 21.5 Å². The molecule has 4 rings (SSSR count). The van der Waals surface area contributed by atoms with Gasteiger partial charge in [-0.25, -0.2) is 4.79 Å². The Labute approximate surface area is 176 Å². The van der Waals surface area contributed by atoms with Crippen LogP contribution in [0.3, 0.4) is 0 Å². The minimum absolute atomic E-state index is 0.0628. The Balaban J connectivity index is 1.47. The summed E-state index contributed by atoms with van der Waals surface area (Å²) in [5.74, 6) is -0.327. The first kappa shape index (κ1) is 20.0. The van der Waals surface area contributed by atoms with Gasteiger partial charge in [-0.15, -0.1) is 0 Å². The van der Waals surface area contributed by atoms with Crippen molar-refractivity contribution in [2.45, 2.75) is 20.4 Å². The van der Waals surface area contributed by atoms with Crippen molar-refractivity contribution in [2.75, 3.05) is 38.2 Å². The van der Waals surface area contributed by atoms with Gasteiger partial charge in [-0.2, -0.15) is 0 Å². The maximum atomic E-state index is 13.0. The molecule has 0 spiro atoms. The fourth-order valence-corrected chi connectivity index (χ4v) is 4.17. The zero-order valence-electron chi connectivity index (χ0n) is 17.7. The van der Waals surface area contributed by atoms with Crippen molar-refractivity contribution < 1.29 is 14.3 Å². The number of nitrogens with zero attached hydrogens (tertiary/aromatic N) is 3. The van der Waals surface area contributed by atoms with Crippen molar-refractivity contribution >= 4 is 28.5 Å². The van der Waals surface area contributed by atoms with Gasteiger partial charge >= 0.3 is 5.97 Å². The lowest BCUT2D eigenvalue weighted by Gasteiger charge is -2.37. The van der Waals surface area contributed by atoms with Crippen LogP contribution >= 0.6 is 0 Å². The quantitative estimate of drug-likeness (QED) is 0.625. The van der Waals surface area contributed by atoms with E-state index in [4.69, 9.17) is 4.74 Å². The van der Waals surface area contributed by atoms with Gasteiger partial charge < -0.3 is 19.1 Å². The highest BCUT2D eigenvalue weighted by atomic mass is 16.5. The first-order valence-electron chi connectivity index (χ1n) is 10.2. The van der Waals surface area contributed by atoms with Crippen LogP contribution in [-0.4, -0.2) is 54.6 Å². The van der Waals surface area contributed by atoms with Gasteiger partial charge in [0.1, 0.15) is 6.54 Å². The van der Waals surface area contributed by atoms with Crippen molar-refractivity contribution in [2.24, 2.45) is 0 Å². The fraction of sp³-hybridized carbons (Fsp3) is 0.333. The Hall–Kier alpha value is -3.28. The van der Waals surface area contributed by atoms with Gasteiger partial charge in [0.15, 0.2) is 0 Å². The second kappa shape index (κ2) is 8.22. The lowest BCUT2D eigenvalue weighted by atomic mass is 10.1. The number of benzene rings is 2. The Morgan fingerprint density at radius 3 is 2.43 bits per heavy atom. The van der Waals surface area contributed by atoms with Crippen LogP contribution in [0, 0.1) is 13.8 Å². The lowest BCUT2D eigenvalue weighted by Crippen LogP contribution is -2.49. The SMILES string of the molecule is COC(=O)c1cn(CC(=O)N2CCN(c3cccc(C)c3C)CC2)c2ccccc12. The zero-order chi connectivity index (χ0) is 21.3. The normalized spacial score (nSPS) is 14.2. The molecule has 6 nitrogen and oxygen atoms in total. The third-order valence-corrected chi connectivity index (χ3v) is 6.05. The van der Waals surface area contributed by atoms with E-state index in [1.54, 1.807) is 6.20 Å². The molecule has 1 aliphatic rings. The summed E-state index contributed by atoms with van der Waals surface area (Å²) in [6.45, 7) is 7.50. The van der Waals surface area contributed by atoms with Crippen LogP contribution in [0.5, 0.6) is 0 Å². The van der Waals surface area contributed by atoms with Crippen LogP contribution < -0.4 is 4.90 Å². The van der Waals surface area contributed by atoms with E-state index in [-0.39, 0.29) is 18.4 Å². The molecule has 0 unspecified atom stereocenters. The van der Waals surface area contributed by atoms with E-state index in [1.807, 2.05) is 33.7 Å². The van der Waals surface area contributed by atoms with E-state index < -0.39 is 0 Å². The van der Waals surface area contributed by atoms with Crippen LogP contribution in [0.2, 0.25) is 0 Å². The van der Waals surface area contributed by atoms with Gasteiger partial charge in [0.2, 0.25) is 5.91 Å². The molecule has 2 heterocycles. The summed E-state index contributed by atoms with van der Waals surface area (Å²) in [5.41, 5.74) is 5.18. The third kappa shape index (κ3) is 3.65. The van der Waals surface area contributed by atoms with Crippen LogP contribution in [0.25, 0.3) is 10.9 Å². The molecular formula is C24H27N3O3. The highest BCUT2D eigenvalue weighted by molar-refractivity contribution is 6.04. The van der Waals surface area contributed by atoms with Crippen molar-refractivity contribution in [3.05, 3.63) is 65.4 Å². The molecule has 0 saturated carbocycles. The van der Waals surface area contributed by atoms with Gasteiger partial charge in [0, 0.05) is 49.0 Å². The summed E-state index contributed by atoms with van der Waals surface area (Å²) in [6, 6.07) is 14.0. The molecule has 30 heavy (non-hydrogen) atoms. The molecule has 2 aromatic carbocycles. The second-order valence-corrected chi connectivity index (χ2v) is 7.77. The highest BCUT2D eigenvalue weighted by Crippen LogP contribution is 2.25. The number of hydrogen-bond acceptors (Lipinski definition) is 4. The van der Waals surface area contributed by atoms with Gasteiger partial charge in [0.05, 0.1) is 12.7 Å². The van der Waals surface area contributed by atoms with Crippen molar-refractivity contribution in [3.8, 4) is 0 Å². The maximum Gasteiger partial charge on any atom is 0.340 e. The predicted molar refractivity (Wildman–Crippen MR) is 118 cm³/mol. The molecule has 1 amide bonds.